The predicted octanol–water partition coefficient (Wildman–Crippen LogP) is 4.16. The van der Waals surface area contributed by atoms with Crippen molar-refractivity contribution in [1.82, 2.24) is 5.32 Å². The molecule has 1 N–H and O–H groups in total. The molecule has 0 aromatic heterocycles. The highest BCUT2D eigenvalue weighted by Crippen LogP contribution is 2.19. The van der Waals surface area contributed by atoms with Gasteiger partial charge in [-0.05, 0) is 37.0 Å². The van der Waals surface area contributed by atoms with Gasteiger partial charge in [-0.25, -0.2) is 0 Å². The van der Waals surface area contributed by atoms with Crippen LogP contribution in [-0.4, -0.2) is 24.0 Å². The highest BCUT2D eigenvalue weighted by atomic mass is 16.2. The first-order valence-electron chi connectivity index (χ1n) is 9.43. The number of nitrogens with one attached hydrogen (secondary N) is 1. The maximum atomic E-state index is 12.5. The molecular formula is C20H37NO3. The number of aldehydes is 1. The maximum absolute atomic E-state index is 12.5. The van der Waals surface area contributed by atoms with Crippen molar-refractivity contribution in [3.8, 4) is 0 Å². The van der Waals surface area contributed by atoms with Crippen molar-refractivity contribution in [2.45, 2.75) is 86.1 Å². The molecule has 0 heterocycles. The summed E-state index contributed by atoms with van der Waals surface area (Å²) in [5.41, 5.74) is 0. The van der Waals surface area contributed by atoms with Crippen molar-refractivity contribution in [2.24, 2.45) is 23.7 Å². The second-order valence-electron chi connectivity index (χ2n) is 8.24. The summed E-state index contributed by atoms with van der Waals surface area (Å²) in [6.07, 6.45) is 4.86. The zero-order valence-electron chi connectivity index (χ0n) is 16.4. The minimum absolute atomic E-state index is 0.154. The van der Waals surface area contributed by atoms with E-state index in [1.807, 2.05) is 13.8 Å². The Labute approximate surface area is 148 Å². The predicted molar refractivity (Wildman–Crippen MR) is 98.7 cm³/mol. The van der Waals surface area contributed by atoms with E-state index < -0.39 is 6.04 Å². The van der Waals surface area contributed by atoms with Gasteiger partial charge in [-0.3, -0.25) is 9.59 Å². The van der Waals surface area contributed by atoms with Crippen LogP contribution in [-0.2, 0) is 14.4 Å². The van der Waals surface area contributed by atoms with E-state index in [4.69, 9.17) is 0 Å². The van der Waals surface area contributed by atoms with E-state index in [2.05, 4.69) is 33.0 Å². The lowest BCUT2D eigenvalue weighted by molar-refractivity contribution is -0.131. The minimum atomic E-state index is -0.455. The van der Waals surface area contributed by atoms with E-state index in [0.29, 0.717) is 37.0 Å². The minimum Gasteiger partial charge on any atom is -0.346 e. The zero-order chi connectivity index (χ0) is 18.7. The van der Waals surface area contributed by atoms with Crippen LogP contribution in [0.3, 0.4) is 0 Å². The second kappa shape index (κ2) is 12.2. The Hall–Kier alpha value is -1.19. The van der Waals surface area contributed by atoms with Crippen molar-refractivity contribution < 1.29 is 14.4 Å². The molecule has 0 aliphatic rings. The fourth-order valence-electron chi connectivity index (χ4n) is 2.89. The van der Waals surface area contributed by atoms with Crippen LogP contribution in [0.4, 0.5) is 0 Å². The summed E-state index contributed by atoms with van der Waals surface area (Å²) in [5.74, 6) is 0.940. The Bertz CT molecular complexity index is 388. The van der Waals surface area contributed by atoms with Gasteiger partial charge in [0.2, 0.25) is 5.91 Å². The molecule has 0 saturated carbocycles. The summed E-state index contributed by atoms with van der Waals surface area (Å²) in [4.78, 5) is 35.9. The molecule has 0 bridgehead atoms. The molecule has 0 aromatic rings. The quantitative estimate of drug-likeness (QED) is 0.512. The van der Waals surface area contributed by atoms with Crippen molar-refractivity contribution in [1.29, 1.82) is 0 Å². The largest absolute Gasteiger partial charge is 0.346 e. The van der Waals surface area contributed by atoms with Crippen LogP contribution in [0.15, 0.2) is 0 Å². The number of carbonyl (C=O) groups is 3. The summed E-state index contributed by atoms with van der Waals surface area (Å²) < 4.78 is 0. The Balaban J connectivity index is 4.64. The normalized spacial score (nSPS) is 14.0. The molecular weight excluding hydrogens is 302 g/mol. The molecule has 24 heavy (non-hydrogen) atoms. The number of carbonyl (C=O) groups excluding carboxylic acids is 3. The van der Waals surface area contributed by atoms with Gasteiger partial charge in [0.05, 0.1) is 6.04 Å². The van der Waals surface area contributed by atoms with Gasteiger partial charge in [0.1, 0.15) is 12.1 Å². The molecule has 0 aliphatic heterocycles. The van der Waals surface area contributed by atoms with Crippen LogP contribution in [0, 0.1) is 23.7 Å². The number of amides is 1. The topological polar surface area (TPSA) is 63.2 Å². The van der Waals surface area contributed by atoms with E-state index >= 15 is 0 Å². The zero-order valence-corrected chi connectivity index (χ0v) is 16.4. The Morgan fingerprint density at radius 2 is 1.50 bits per heavy atom. The van der Waals surface area contributed by atoms with Gasteiger partial charge >= 0.3 is 0 Å². The third-order valence-corrected chi connectivity index (χ3v) is 4.06. The molecule has 0 fully saturated rings. The van der Waals surface area contributed by atoms with Crippen molar-refractivity contribution in [2.75, 3.05) is 0 Å². The maximum Gasteiger partial charge on any atom is 0.224 e. The second-order valence-corrected chi connectivity index (χ2v) is 8.24. The molecule has 4 heteroatoms. The van der Waals surface area contributed by atoms with Crippen LogP contribution in [0.25, 0.3) is 0 Å². The number of rotatable bonds is 13. The molecule has 0 saturated heterocycles. The average molecular weight is 340 g/mol. The van der Waals surface area contributed by atoms with E-state index in [9.17, 15) is 14.4 Å². The van der Waals surface area contributed by atoms with Crippen molar-refractivity contribution >= 4 is 18.0 Å². The molecule has 1 amide bonds. The van der Waals surface area contributed by atoms with E-state index in [-0.39, 0.29) is 24.0 Å². The SMILES string of the molecule is CC(C)CCCC(=O)CC(CC(C)C)C(=O)NC(C=O)CC(C)C. The molecule has 2 unspecified atom stereocenters. The van der Waals surface area contributed by atoms with Gasteiger partial charge in [-0.15, -0.1) is 0 Å². The monoisotopic (exact) mass is 339 g/mol. The molecule has 0 aromatic carbocycles. The summed E-state index contributed by atoms with van der Waals surface area (Å²) in [6.45, 7) is 12.4. The number of ketones is 1. The lowest BCUT2D eigenvalue weighted by Gasteiger charge is -2.21. The van der Waals surface area contributed by atoms with Gasteiger partial charge < -0.3 is 10.1 Å². The van der Waals surface area contributed by atoms with Crippen LogP contribution >= 0.6 is 0 Å². The van der Waals surface area contributed by atoms with Gasteiger partial charge in [0.15, 0.2) is 0 Å². The summed E-state index contributed by atoms with van der Waals surface area (Å²) in [5, 5.41) is 2.82. The highest BCUT2D eigenvalue weighted by molar-refractivity contribution is 5.88. The van der Waals surface area contributed by atoms with Gasteiger partial charge in [-0.1, -0.05) is 48.0 Å². The number of hydrogen-bond acceptors (Lipinski definition) is 3. The van der Waals surface area contributed by atoms with Gasteiger partial charge in [0.25, 0.3) is 0 Å². The van der Waals surface area contributed by atoms with Gasteiger partial charge in [-0.2, -0.15) is 0 Å². The number of Topliss-reactive ketones (excluding diaryl/α,β-unsaturated/α-hetero) is 1. The highest BCUT2D eigenvalue weighted by Gasteiger charge is 2.25. The fraction of sp³-hybridized carbons (Fsp3) is 0.850. The van der Waals surface area contributed by atoms with E-state index in [1.165, 1.54) is 0 Å². The van der Waals surface area contributed by atoms with Crippen LogP contribution in [0.1, 0.15) is 80.1 Å². The van der Waals surface area contributed by atoms with Crippen molar-refractivity contribution in [3.05, 3.63) is 0 Å². The first-order chi connectivity index (χ1) is 11.1. The number of hydrogen-bond donors (Lipinski definition) is 1. The first kappa shape index (κ1) is 22.8. The summed E-state index contributed by atoms with van der Waals surface area (Å²) in [6, 6.07) is -0.455. The first-order valence-corrected chi connectivity index (χ1v) is 9.43. The Morgan fingerprint density at radius 1 is 0.917 bits per heavy atom. The van der Waals surface area contributed by atoms with Gasteiger partial charge in [0, 0.05) is 18.8 Å². The smallest absolute Gasteiger partial charge is 0.224 e. The molecule has 0 aliphatic carbocycles. The van der Waals surface area contributed by atoms with Crippen LogP contribution < -0.4 is 5.32 Å². The molecule has 140 valence electrons. The summed E-state index contributed by atoms with van der Waals surface area (Å²) in [7, 11) is 0. The third-order valence-electron chi connectivity index (χ3n) is 4.06. The lowest BCUT2D eigenvalue weighted by Crippen LogP contribution is -2.41. The third kappa shape index (κ3) is 11.4. The summed E-state index contributed by atoms with van der Waals surface area (Å²) >= 11 is 0. The Kier molecular flexibility index (Phi) is 11.6. The van der Waals surface area contributed by atoms with Crippen molar-refractivity contribution in [3.63, 3.8) is 0 Å². The average Bonchev–Trinajstić information content (AvgIpc) is 2.44. The molecule has 0 spiro atoms. The molecule has 0 radical (unpaired) electrons. The molecule has 2 atom stereocenters. The van der Waals surface area contributed by atoms with E-state index in [0.717, 1.165) is 19.1 Å². The lowest BCUT2D eigenvalue weighted by atomic mass is 9.89. The molecule has 4 nitrogen and oxygen atoms in total. The fourth-order valence-corrected chi connectivity index (χ4v) is 2.89. The van der Waals surface area contributed by atoms with Crippen LogP contribution in [0.5, 0.6) is 0 Å². The Morgan fingerprint density at radius 3 is 1.96 bits per heavy atom. The van der Waals surface area contributed by atoms with Crippen LogP contribution in [0.2, 0.25) is 0 Å². The molecule has 0 rings (SSSR count). The standard InChI is InChI=1S/C20H37NO3/c1-14(2)8-7-9-19(23)12-17(10-15(3)4)20(24)21-18(13-22)11-16(5)6/h13-18H,7-12H2,1-6H3,(H,21,24). The van der Waals surface area contributed by atoms with E-state index in [1.54, 1.807) is 0 Å².